The summed E-state index contributed by atoms with van der Waals surface area (Å²) in [5.41, 5.74) is 0. The Morgan fingerprint density at radius 3 is 2.67 bits per heavy atom. The van der Waals surface area contributed by atoms with Crippen molar-refractivity contribution in [1.82, 2.24) is 14.9 Å². The van der Waals surface area contributed by atoms with Crippen LogP contribution in [0.15, 0.2) is 54.7 Å². The fourth-order valence-corrected chi connectivity index (χ4v) is 3.64. The highest BCUT2D eigenvalue weighted by Gasteiger charge is 2.22. The zero-order valence-electron chi connectivity index (χ0n) is 17.2. The Bertz CT molecular complexity index is 997. The van der Waals surface area contributed by atoms with E-state index in [0.717, 1.165) is 16.5 Å². The molecule has 2 aromatic carbocycles. The van der Waals surface area contributed by atoms with E-state index in [4.69, 9.17) is 9.47 Å². The lowest BCUT2D eigenvalue weighted by molar-refractivity contribution is -0.131. The van der Waals surface area contributed by atoms with Gasteiger partial charge in [-0.1, -0.05) is 36.4 Å². The Labute approximate surface area is 176 Å². The van der Waals surface area contributed by atoms with Gasteiger partial charge in [-0.3, -0.25) is 4.79 Å². The van der Waals surface area contributed by atoms with Gasteiger partial charge in [0.15, 0.2) is 0 Å². The first-order valence-electron chi connectivity index (χ1n) is 10.2. The summed E-state index contributed by atoms with van der Waals surface area (Å²) >= 11 is 0. The molecule has 7 heteroatoms. The van der Waals surface area contributed by atoms with E-state index in [1.54, 1.807) is 19.4 Å². The molecule has 2 heterocycles. The van der Waals surface area contributed by atoms with Gasteiger partial charge in [0.05, 0.1) is 13.7 Å². The Morgan fingerprint density at radius 2 is 1.83 bits per heavy atom. The lowest BCUT2D eigenvalue weighted by atomic mass is 10.1. The van der Waals surface area contributed by atoms with Gasteiger partial charge >= 0.3 is 0 Å². The Kier molecular flexibility index (Phi) is 6.27. The van der Waals surface area contributed by atoms with Crippen molar-refractivity contribution in [3.8, 4) is 11.6 Å². The summed E-state index contributed by atoms with van der Waals surface area (Å²) in [5.74, 6) is 2.23. The van der Waals surface area contributed by atoms with E-state index in [-0.39, 0.29) is 5.91 Å². The SMILES string of the molecule is COc1ccnc(N2CCN(C(=O)CCCOc3cccc4ccccc34)CC2)n1. The van der Waals surface area contributed by atoms with Crippen LogP contribution in [0.5, 0.6) is 11.6 Å². The first-order chi connectivity index (χ1) is 14.7. The second kappa shape index (κ2) is 9.43. The average Bonchev–Trinajstić information content (AvgIpc) is 2.82. The van der Waals surface area contributed by atoms with Crippen LogP contribution >= 0.6 is 0 Å². The van der Waals surface area contributed by atoms with E-state index < -0.39 is 0 Å². The molecular weight excluding hydrogens is 380 g/mol. The number of aromatic nitrogens is 2. The molecule has 0 radical (unpaired) electrons. The smallest absolute Gasteiger partial charge is 0.228 e. The molecule has 7 nitrogen and oxygen atoms in total. The van der Waals surface area contributed by atoms with Gasteiger partial charge in [-0.2, -0.15) is 4.98 Å². The largest absolute Gasteiger partial charge is 0.493 e. The van der Waals surface area contributed by atoms with Crippen molar-refractivity contribution < 1.29 is 14.3 Å². The molecule has 30 heavy (non-hydrogen) atoms. The number of ether oxygens (including phenoxy) is 2. The van der Waals surface area contributed by atoms with Gasteiger partial charge < -0.3 is 19.3 Å². The maximum atomic E-state index is 12.6. The molecule has 0 saturated carbocycles. The van der Waals surface area contributed by atoms with Crippen molar-refractivity contribution in [2.45, 2.75) is 12.8 Å². The molecule has 3 aromatic rings. The number of nitrogens with zero attached hydrogens (tertiary/aromatic N) is 4. The number of hydrogen-bond donors (Lipinski definition) is 0. The molecule has 0 atom stereocenters. The highest BCUT2D eigenvalue weighted by Crippen LogP contribution is 2.25. The summed E-state index contributed by atoms with van der Waals surface area (Å²) in [6, 6.07) is 15.9. The minimum absolute atomic E-state index is 0.169. The lowest BCUT2D eigenvalue weighted by Crippen LogP contribution is -2.49. The van der Waals surface area contributed by atoms with Crippen molar-refractivity contribution in [3.05, 3.63) is 54.7 Å². The van der Waals surface area contributed by atoms with Crippen LogP contribution in [0, 0.1) is 0 Å². The molecular formula is C23H26N4O3. The third kappa shape index (κ3) is 4.62. The topological polar surface area (TPSA) is 67.8 Å². The molecule has 1 saturated heterocycles. The Balaban J connectivity index is 1.22. The van der Waals surface area contributed by atoms with Crippen molar-refractivity contribution in [3.63, 3.8) is 0 Å². The van der Waals surface area contributed by atoms with Gasteiger partial charge in [-0.15, -0.1) is 0 Å². The number of benzene rings is 2. The predicted molar refractivity (Wildman–Crippen MR) is 116 cm³/mol. The van der Waals surface area contributed by atoms with E-state index in [1.807, 2.05) is 29.2 Å². The number of piperazine rings is 1. The van der Waals surface area contributed by atoms with Gasteiger partial charge in [0, 0.05) is 50.2 Å². The second-order valence-electron chi connectivity index (χ2n) is 7.20. The molecule has 4 rings (SSSR count). The minimum Gasteiger partial charge on any atom is -0.493 e. The summed E-state index contributed by atoms with van der Waals surface area (Å²) < 4.78 is 11.1. The Morgan fingerprint density at radius 1 is 1.03 bits per heavy atom. The van der Waals surface area contributed by atoms with Gasteiger partial charge in [-0.25, -0.2) is 4.98 Å². The summed E-state index contributed by atoms with van der Waals surface area (Å²) in [5, 5.41) is 2.26. The van der Waals surface area contributed by atoms with E-state index in [2.05, 4.69) is 33.1 Å². The number of amides is 1. The molecule has 156 valence electrons. The van der Waals surface area contributed by atoms with Crippen molar-refractivity contribution in [2.75, 3.05) is 44.8 Å². The number of anilines is 1. The van der Waals surface area contributed by atoms with Crippen LogP contribution < -0.4 is 14.4 Å². The number of carbonyl (C=O) groups is 1. The third-order valence-electron chi connectivity index (χ3n) is 5.28. The van der Waals surface area contributed by atoms with Crippen LogP contribution in [-0.4, -0.2) is 60.7 Å². The van der Waals surface area contributed by atoms with Gasteiger partial charge in [0.1, 0.15) is 5.75 Å². The second-order valence-corrected chi connectivity index (χ2v) is 7.20. The molecule has 1 aliphatic rings. The molecule has 0 N–H and O–H groups in total. The zero-order valence-corrected chi connectivity index (χ0v) is 17.2. The molecule has 1 aromatic heterocycles. The van der Waals surface area contributed by atoms with Gasteiger partial charge in [0.25, 0.3) is 0 Å². The number of carbonyl (C=O) groups excluding carboxylic acids is 1. The summed E-state index contributed by atoms with van der Waals surface area (Å²) in [7, 11) is 1.59. The fraction of sp³-hybridized carbons (Fsp3) is 0.348. The number of hydrogen-bond acceptors (Lipinski definition) is 6. The quantitative estimate of drug-likeness (QED) is 0.562. The molecule has 1 fully saturated rings. The first kappa shape index (κ1) is 19.9. The molecule has 1 aliphatic heterocycles. The minimum atomic E-state index is 0.169. The third-order valence-corrected chi connectivity index (χ3v) is 5.28. The highest BCUT2D eigenvalue weighted by molar-refractivity contribution is 5.88. The maximum absolute atomic E-state index is 12.6. The molecule has 0 aliphatic carbocycles. The van der Waals surface area contributed by atoms with E-state index in [1.165, 1.54) is 0 Å². The molecule has 0 bridgehead atoms. The van der Waals surface area contributed by atoms with Crippen LogP contribution in [0.2, 0.25) is 0 Å². The predicted octanol–water partition coefficient (Wildman–Crippen LogP) is 3.15. The molecule has 0 unspecified atom stereocenters. The van der Waals surface area contributed by atoms with Gasteiger partial charge in [0.2, 0.25) is 17.7 Å². The van der Waals surface area contributed by atoms with Crippen LogP contribution in [0.1, 0.15) is 12.8 Å². The number of fused-ring (bicyclic) bond motifs is 1. The highest BCUT2D eigenvalue weighted by atomic mass is 16.5. The van der Waals surface area contributed by atoms with Crippen molar-refractivity contribution in [2.24, 2.45) is 0 Å². The molecule has 1 amide bonds. The average molecular weight is 406 g/mol. The first-order valence-corrected chi connectivity index (χ1v) is 10.2. The summed E-state index contributed by atoms with van der Waals surface area (Å²) in [6.07, 6.45) is 2.87. The fourth-order valence-electron chi connectivity index (χ4n) is 3.64. The number of methoxy groups -OCH3 is 1. The standard InChI is InChI=1S/C23H26N4O3/c1-29-21-11-12-24-23(25-21)27-15-13-26(14-16-27)22(28)10-5-17-30-20-9-4-7-18-6-2-3-8-19(18)20/h2-4,6-9,11-12H,5,10,13-17H2,1H3. The van der Waals surface area contributed by atoms with Gasteiger partial charge in [-0.05, 0) is 17.9 Å². The van der Waals surface area contributed by atoms with Crippen LogP contribution in [-0.2, 0) is 4.79 Å². The monoisotopic (exact) mass is 406 g/mol. The maximum Gasteiger partial charge on any atom is 0.228 e. The van der Waals surface area contributed by atoms with E-state index in [9.17, 15) is 4.79 Å². The summed E-state index contributed by atoms with van der Waals surface area (Å²) in [6.45, 7) is 3.29. The van der Waals surface area contributed by atoms with Crippen LogP contribution in [0.25, 0.3) is 10.8 Å². The summed E-state index contributed by atoms with van der Waals surface area (Å²) in [4.78, 5) is 25.2. The normalized spacial score (nSPS) is 14.0. The van der Waals surface area contributed by atoms with E-state index >= 15 is 0 Å². The molecule has 0 spiro atoms. The van der Waals surface area contributed by atoms with Crippen LogP contribution in [0.4, 0.5) is 5.95 Å². The van der Waals surface area contributed by atoms with E-state index in [0.29, 0.717) is 57.5 Å². The zero-order chi connectivity index (χ0) is 20.8. The van der Waals surface area contributed by atoms with Crippen LogP contribution in [0.3, 0.4) is 0 Å². The van der Waals surface area contributed by atoms with Crippen molar-refractivity contribution >= 4 is 22.6 Å². The Hall–Kier alpha value is -3.35. The lowest BCUT2D eigenvalue weighted by Gasteiger charge is -2.34. The number of rotatable bonds is 7. The van der Waals surface area contributed by atoms with Crippen molar-refractivity contribution in [1.29, 1.82) is 0 Å².